The van der Waals surface area contributed by atoms with Gasteiger partial charge in [-0.2, -0.15) is 0 Å². The molecule has 0 aliphatic heterocycles. The van der Waals surface area contributed by atoms with E-state index in [1.54, 1.807) is 0 Å². The van der Waals surface area contributed by atoms with Gasteiger partial charge in [0.1, 0.15) is 5.75 Å². The highest BCUT2D eigenvalue weighted by Crippen LogP contribution is 2.16. The van der Waals surface area contributed by atoms with E-state index in [4.69, 9.17) is 0 Å². The SMILES string of the molecule is CCCC[SH+]CC(=O)c1ccc2ccccc2c1. The number of carbonyl (C=O) groups excluding carboxylic acids is 1. The molecule has 2 heteroatoms. The van der Waals surface area contributed by atoms with E-state index in [9.17, 15) is 4.79 Å². The van der Waals surface area contributed by atoms with Crippen molar-refractivity contribution in [2.45, 2.75) is 19.8 Å². The van der Waals surface area contributed by atoms with E-state index in [0.717, 1.165) is 16.7 Å². The van der Waals surface area contributed by atoms with Crippen LogP contribution in [0, 0.1) is 0 Å². The summed E-state index contributed by atoms with van der Waals surface area (Å²) >= 11 is 1.25. The van der Waals surface area contributed by atoms with E-state index in [2.05, 4.69) is 19.1 Å². The lowest BCUT2D eigenvalue weighted by molar-refractivity contribution is 0.102. The number of ketones is 1. The predicted molar refractivity (Wildman–Crippen MR) is 81.7 cm³/mol. The summed E-state index contributed by atoms with van der Waals surface area (Å²) in [5, 5.41) is 2.34. The number of hydrogen-bond donors (Lipinski definition) is 0. The zero-order chi connectivity index (χ0) is 12.8. The van der Waals surface area contributed by atoms with Crippen LogP contribution in [0.2, 0.25) is 0 Å². The van der Waals surface area contributed by atoms with E-state index in [1.165, 1.54) is 30.0 Å². The Morgan fingerprint density at radius 3 is 2.67 bits per heavy atom. The summed E-state index contributed by atoms with van der Waals surface area (Å²) < 4.78 is 0. The standard InChI is InChI=1S/C16H18OS/c1-2-3-10-18-12-16(17)15-9-8-13-6-4-5-7-14(13)11-15/h4-9,11H,2-3,10,12H2,1H3/p+1. The van der Waals surface area contributed by atoms with E-state index in [0.29, 0.717) is 5.75 Å². The predicted octanol–water partition coefficient (Wildman–Crippen LogP) is 3.64. The van der Waals surface area contributed by atoms with Gasteiger partial charge in [0.25, 0.3) is 0 Å². The summed E-state index contributed by atoms with van der Waals surface area (Å²) in [6.45, 7) is 2.18. The molecule has 94 valence electrons. The summed E-state index contributed by atoms with van der Waals surface area (Å²) in [5.41, 5.74) is 0.845. The second-order valence-electron chi connectivity index (χ2n) is 4.44. The molecule has 0 amide bonds. The molecule has 0 spiro atoms. The summed E-state index contributed by atoms with van der Waals surface area (Å²) in [6.07, 6.45) is 2.42. The Morgan fingerprint density at radius 1 is 1.11 bits per heavy atom. The van der Waals surface area contributed by atoms with Gasteiger partial charge in [-0.1, -0.05) is 49.7 Å². The number of carbonyl (C=O) groups is 1. The molecule has 1 nitrogen and oxygen atoms in total. The molecule has 0 unspecified atom stereocenters. The second-order valence-corrected chi connectivity index (χ2v) is 5.65. The maximum atomic E-state index is 12.0. The number of thiol groups is 1. The highest BCUT2D eigenvalue weighted by Gasteiger charge is 2.10. The van der Waals surface area contributed by atoms with Gasteiger partial charge in [-0.05, 0) is 35.0 Å². The quantitative estimate of drug-likeness (QED) is 0.335. The molecule has 18 heavy (non-hydrogen) atoms. The minimum absolute atomic E-state index is 0.263. The van der Waals surface area contributed by atoms with Gasteiger partial charge in [0, 0.05) is 5.56 Å². The average Bonchev–Trinajstić information content (AvgIpc) is 2.43. The van der Waals surface area contributed by atoms with Crippen molar-refractivity contribution in [2.75, 3.05) is 11.5 Å². The molecule has 2 rings (SSSR count). The molecular formula is C16H19OS+. The van der Waals surface area contributed by atoms with E-state index >= 15 is 0 Å². The van der Waals surface area contributed by atoms with Crippen molar-refractivity contribution in [1.82, 2.24) is 0 Å². The van der Waals surface area contributed by atoms with Crippen molar-refractivity contribution in [3.63, 3.8) is 0 Å². The molecule has 0 fully saturated rings. The van der Waals surface area contributed by atoms with Crippen LogP contribution in [0.15, 0.2) is 42.5 Å². The normalized spacial score (nSPS) is 10.7. The number of fused-ring (bicyclic) bond motifs is 1. The van der Waals surface area contributed by atoms with Crippen molar-refractivity contribution >= 4 is 28.3 Å². The number of hydrogen-bond acceptors (Lipinski definition) is 1. The highest BCUT2D eigenvalue weighted by atomic mass is 32.2. The van der Waals surface area contributed by atoms with Crippen LogP contribution in [-0.2, 0) is 11.8 Å². The molecule has 0 aliphatic carbocycles. The first kappa shape index (κ1) is 13.2. The number of Topliss-reactive ketones (excluding diaryl/α,β-unsaturated/α-hetero) is 1. The first-order valence-corrected chi connectivity index (χ1v) is 7.73. The van der Waals surface area contributed by atoms with Crippen LogP contribution in [0.4, 0.5) is 0 Å². The smallest absolute Gasteiger partial charge is 0.211 e. The van der Waals surface area contributed by atoms with Crippen LogP contribution in [0.25, 0.3) is 10.8 Å². The maximum absolute atomic E-state index is 12.0. The Kier molecular flexibility index (Phi) is 4.82. The van der Waals surface area contributed by atoms with Gasteiger partial charge in [-0.25, -0.2) is 0 Å². The van der Waals surface area contributed by atoms with Crippen LogP contribution >= 0.6 is 0 Å². The van der Waals surface area contributed by atoms with Gasteiger partial charge in [-0.15, -0.1) is 0 Å². The van der Waals surface area contributed by atoms with Crippen LogP contribution in [-0.4, -0.2) is 17.3 Å². The molecule has 0 atom stereocenters. The number of benzene rings is 2. The Balaban J connectivity index is 2.04. The second kappa shape index (κ2) is 6.60. The fraction of sp³-hybridized carbons (Fsp3) is 0.312. The summed E-state index contributed by atoms with van der Waals surface area (Å²) in [5.74, 6) is 2.05. The minimum Gasteiger partial charge on any atom is -0.289 e. The first-order chi connectivity index (χ1) is 8.81. The van der Waals surface area contributed by atoms with Crippen LogP contribution < -0.4 is 0 Å². The van der Waals surface area contributed by atoms with Crippen molar-refractivity contribution in [1.29, 1.82) is 0 Å². The molecule has 0 saturated heterocycles. The number of unbranched alkanes of at least 4 members (excludes halogenated alkanes) is 1. The van der Waals surface area contributed by atoms with Crippen LogP contribution in [0.3, 0.4) is 0 Å². The zero-order valence-electron chi connectivity index (χ0n) is 10.7. The van der Waals surface area contributed by atoms with Crippen molar-refractivity contribution < 1.29 is 4.79 Å². The van der Waals surface area contributed by atoms with E-state index in [-0.39, 0.29) is 5.78 Å². The molecule has 0 radical (unpaired) electrons. The topological polar surface area (TPSA) is 17.1 Å². The maximum Gasteiger partial charge on any atom is 0.211 e. The van der Waals surface area contributed by atoms with Gasteiger partial charge in [0.15, 0.2) is 5.75 Å². The van der Waals surface area contributed by atoms with Gasteiger partial charge < -0.3 is 0 Å². The molecule has 0 saturated carbocycles. The fourth-order valence-corrected chi connectivity index (χ4v) is 2.99. The van der Waals surface area contributed by atoms with E-state index in [1.807, 2.05) is 30.3 Å². The average molecular weight is 259 g/mol. The third-order valence-electron chi connectivity index (χ3n) is 3.00. The van der Waals surface area contributed by atoms with Gasteiger partial charge >= 0.3 is 0 Å². The molecule has 0 bridgehead atoms. The summed E-state index contributed by atoms with van der Waals surface area (Å²) in [6, 6.07) is 14.1. The van der Waals surface area contributed by atoms with Gasteiger partial charge in [0.05, 0.1) is 0 Å². The van der Waals surface area contributed by atoms with Crippen molar-refractivity contribution in [3.05, 3.63) is 48.0 Å². The molecule has 0 N–H and O–H groups in total. The Bertz CT molecular complexity index is 533. The van der Waals surface area contributed by atoms with E-state index < -0.39 is 0 Å². The van der Waals surface area contributed by atoms with Crippen LogP contribution in [0.5, 0.6) is 0 Å². The van der Waals surface area contributed by atoms with Crippen molar-refractivity contribution in [2.24, 2.45) is 0 Å². The largest absolute Gasteiger partial charge is 0.289 e. The molecule has 2 aromatic rings. The molecule has 0 aliphatic rings. The lowest BCUT2D eigenvalue weighted by Crippen LogP contribution is -2.08. The highest BCUT2D eigenvalue weighted by molar-refractivity contribution is 7.79. The third-order valence-corrected chi connectivity index (χ3v) is 4.14. The number of rotatable bonds is 6. The lowest BCUT2D eigenvalue weighted by atomic mass is 10.1. The van der Waals surface area contributed by atoms with Gasteiger partial charge in [-0.3, -0.25) is 4.79 Å². The molecule has 0 heterocycles. The monoisotopic (exact) mass is 259 g/mol. The third kappa shape index (κ3) is 3.36. The Morgan fingerprint density at radius 2 is 1.89 bits per heavy atom. The molecule has 0 aromatic heterocycles. The Hall–Kier alpha value is -1.28. The molecular weight excluding hydrogens is 240 g/mol. The lowest BCUT2D eigenvalue weighted by Gasteiger charge is -2.00. The van der Waals surface area contributed by atoms with Crippen molar-refractivity contribution in [3.8, 4) is 0 Å². The minimum atomic E-state index is 0.263. The first-order valence-electron chi connectivity index (χ1n) is 6.46. The molecule has 2 aromatic carbocycles. The zero-order valence-corrected chi connectivity index (χ0v) is 11.6. The Labute approximate surface area is 113 Å². The fourth-order valence-electron chi connectivity index (χ4n) is 1.90. The van der Waals surface area contributed by atoms with Gasteiger partial charge in [0.2, 0.25) is 5.78 Å². The van der Waals surface area contributed by atoms with Crippen LogP contribution in [0.1, 0.15) is 30.1 Å². The summed E-state index contributed by atoms with van der Waals surface area (Å²) in [7, 11) is 0. The summed E-state index contributed by atoms with van der Waals surface area (Å²) in [4.78, 5) is 12.0.